The third kappa shape index (κ3) is 3.09. The number of hydrogen-bond acceptors (Lipinski definition) is 2. The lowest BCUT2D eigenvalue weighted by atomic mass is 10.2. The molecule has 1 aromatic heterocycles. The van der Waals surface area contributed by atoms with Gasteiger partial charge in [-0.15, -0.1) is 0 Å². The minimum absolute atomic E-state index is 0.709. The summed E-state index contributed by atoms with van der Waals surface area (Å²) in [6.07, 6.45) is 4.01. The van der Waals surface area contributed by atoms with Gasteiger partial charge < -0.3 is 9.88 Å². The first kappa shape index (κ1) is 13.7. The lowest BCUT2D eigenvalue weighted by molar-refractivity contribution is 1.13. The maximum atomic E-state index is 5.97. The summed E-state index contributed by atoms with van der Waals surface area (Å²) in [6, 6.07) is 14.0. The van der Waals surface area contributed by atoms with Crippen LogP contribution in [-0.2, 0) is 0 Å². The van der Waals surface area contributed by atoms with E-state index in [1.54, 1.807) is 0 Å². The smallest absolute Gasteiger partial charge is 0.131 e. The van der Waals surface area contributed by atoms with Gasteiger partial charge in [-0.2, -0.15) is 0 Å². The van der Waals surface area contributed by atoms with Gasteiger partial charge in [0.15, 0.2) is 0 Å². The third-order valence-corrected chi connectivity index (χ3v) is 3.54. The van der Waals surface area contributed by atoms with Crippen molar-refractivity contribution in [3.05, 3.63) is 58.9 Å². The number of aromatic nitrogens is 2. The third-order valence-electron chi connectivity index (χ3n) is 3.31. The predicted octanol–water partition coefficient (Wildman–Crippen LogP) is 4.45. The Morgan fingerprint density at radius 2 is 1.81 bits per heavy atom. The molecule has 2 aromatic carbocycles. The molecule has 1 N–H and O–H groups in total. The van der Waals surface area contributed by atoms with Crippen LogP contribution in [0.3, 0.4) is 0 Å². The van der Waals surface area contributed by atoms with Gasteiger partial charge in [-0.05, 0) is 42.0 Å². The van der Waals surface area contributed by atoms with Gasteiger partial charge in [-0.25, -0.2) is 4.98 Å². The molecule has 3 nitrogen and oxygen atoms in total. The maximum absolute atomic E-state index is 5.97. The summed E-state index contributed by atoms with van der Waals surface area (Å²) in [5.74, 6) is 0.823. The standard InChI is InChI=1S/C17H16ClN3/c1-21(2)14-7-3-12(4-8-14)5-10-17-19-15-9-6-13(18)11-16(15)20-17/h3-11H,1-2H3,(H,19,20). The zero-order valence-corrected chi connectivity index (χ0v) is 12.7. The quantitative estimate of drug-likeness (QED) is 0.774. The zero-order valence-electron chi connectivity index (χ0n) is 12.0. The zero-order chi connectivity index (χ0) is 14.8. The summed E-state index contributed by atoms with van der Waals surface area (Å²) < 4.78 is 0. The van der Waals surface area contributed by atoms with E-state index in [0.717, 1.165) is 22.4 Å². The molecule has 0 spiro atoms. The summed E-state index contributed by atoms with van der Waals surface area (Å²) in [5.41, 5.74) is 4.19. The Hall–Kier alpha value is -2.26. The minimum atomic E-state index is 0.709. The van der Waals surface area contributed by atoms with Gasteiger partial charge in [-0.1, -0.05) is 29.8 Å². The fourth-order valence-corrected chi connectivity index (χ4v) is 2.31. The van der Waals surface area contributed by atoms with Crippen molar-refractivity contribution in [3.8, 4) is 0 Å². The molecule has 0 amide bonds. The van der Waals surface area contributed by atoms with Crippen LogP contribution in [0.5, 0.6) is 0 Å². The van der Waals surface area contributed by atoms with Crippen LogP contribution >= 0.6 is 11.6 Å². The first-order chi connectivity index (χ1) is 10.1. The van der Waals surface area contributed by atoms with Crippen molar-refractivity contribution in [2.24, 2.45) is 0 Å². The van der Waals surface area contributed by atoms with Crippen molar-refractivity contribution < 1.29 is 0 Å². The van der Waals surface area contributed by atoms with E-state index >= 15 is 0 Å². The molecule has 0 atom stereocenters. The van der Waals surface area contributed by atoms with Crippen LogP contribution in [0.25, 0.3) is 23.2 Å². The molecule has 0 fully saturated rings. The number of H-pyrrole nitrogens is 1. The average Bonchev–Trinajstić information content (AvgIpc) is 2.87. The van der Waals surface area contributed by atoms with E-state index in [-0.39, 0.29) is 0 Å². The number of anilines is 1. The molecule has 4 heteroatoms. The molecule has 0 aliphatic carbocycles. The van der Waals surface area contributed by atoms with Crippen molar-refractivity contribution in [1.29, 1.82) is 0 Å². The molecule has 0 saturated carbocycles. The molecule has 3 aromatic rings. The summed E-state index contributed by atoms with van der Waals surface area (Å²) in [4.78, 5) is 9.83. The molecule has 3 rings (SSSR count). The van der Waals surface area contributed by atoms with Crippen molar-refractivity contribution in [2.45, 2.75) is 0 Å². The Bertz CT molecular complexity index is 785. The predicted molar refractivity (Wildman–Crippen MR) is 90.8 cm³/mol. The number of fused-ring (bicyclic) bond motifs is 1. The first-order valence-corrected chi connectivity index (χ1v) is 7.10. The van der Waals surface area contributed by atoms with Crippen molar-refractivity contribution in [3.63, 3.8) is 0 Å². The molecule has 1 heterocycles. The van der Waals surface area contributed by atoms with Gasteiger partial charge in [0, 0.05) is 24.8 Å². The normalized spacial score (nSPS) is 11.4. The molecular weight excluding hydrogens is 282 g/mol. The minimum Gasteiger partial charge on any atom is -0.378 e. The van der Waals surface area contributed by atoms with Gasteiger partial charge >= 0.3 is 0 Å². The topological polar surface area (TPSA) is 31.9 Å². The van der Waals surface area contributed by atoms with Gasteiger partial charge in [0.1, 0.15) is 5.82 Å². The van der Waals surface area contributed by atoms with Gasteiger partial charge in [0.2, 0.25) is 0 Å². The summed E-state index contributed by atoms with van der Waals surface area (Å²) in [7, 11) is 4.06. The molecule has 0 unspecified atom stereocenters. The number of aromatic amines is 1. The van der Waals surface area contributed by atoms with Gasteiger partial charge in [0.25, 0.3) is 0 Å². The Labute approximate surface area is 128 Å². The molecule has 0 saturated heterocycles. The highest BCUT2D eigenvalue weighted by Gasteiger charge is 2.00. The summed E-state index contributed by atoms with van der Waals surface area (Å²) in [6.45, 7) is 0. The number of rotatable bonds is 3. The number of halogens is 1. The van der Waals surface area contributed by atoms with E-state index in [4.69, 9.17) is 11.6 Å². The number of nitrogens with one attached hydrogen (secondary N) is 1. The van der Waals surface area contributed by atoms with Crippen LogP contribution in [0, 0.1) is 0 Å². The Kier molecular flexibility index (Phi) is 3.67. The first-order valence-electron chi connectivity index (χ1n) is 6.72. The second-order valence-corrected chi connectivity index (χ2v) is 5.54. The van der Waals surface area contributed by atoms with Crippen LogP contribution in [0.15, 0.2) is 42.5 Å². The average molecular weight is 298 g/mol. The van der Waals surface area contributed by atoms with Crippen LogP contribution in [0.1, 0.15) is 11.4 Å². The second kappa shape index (κ2) is 5.62. The highest BCUT2D eigenvalue weighted by Crippen LogP contribution is 2.18. The lowest BCUT2D eigenvalue weighted by Crippen LogP contribution is -2.07. The largest absolute Gasteiger partial charge is 0.378 e. The van der Waals surface area contributed by atoms with Crippen molar-refractivity contribution in [1.82, 2.24) is 9.97 Å². The van der Waals surface area contributed by atoms with E-state index in [2.05, 4.69) is 39.1 Å². The van der Waals surface area contributed by atoms with E-state index < -0.39 is 0 Å². The SMILES string of the molecule is CN(C)c1ccc(C=Cc2nc3ccc(Cl)cc3[nH]2)cc1. The van der Waals surface area contributed by atoms with Crippen LogP contribution in [0.2, 0.25) is 5.02 Å². The van der Waals surface area contributed by atoms with Crippen molar-refractivity contribution in [2.75, 3.05) is 19.0 Å². The van der Waals surface area contributed by atoms with Crippen LogP contribution in [0.4, 0.5) is 5.69 Å². The molecule has 0 aliphatic heterocycles. The number of hydrogen-bond donors (Lipinski definition) is 1. The monoisotopic (exact) mass is 297 g/mol. The number of benzene rings is 2. The fourth-order valence-electron chi connectivity index (χ4n) is 2.14. The fraction of sp³-hybridized carbons (Fsp3) is 0.118. The van der Waals surface area contributed by atoms with Crippen molar-refractivity contribution >= 4 is 40.5 Å². The maximum Gasteiger partial charge on any atom is 0.131 e. The molecule has 0 bridgehead atoms. The lowest BCUT2D eigenvalue weighted by Gasteiger charge is -2.11. The highest BCUT2D eigenvalue weighted by atomic mass is 35.5. The van der Waals surface area contributed by atoms with Gasteiger partial charge in [-0.3, -0.25) is 0 Å². The van der Waals surface area contributed by atoms with E-state index in [1.165, 1.54) is 5.69 Å². The Morgan fingerprint density at radius 1 is 1.05 bits per heavy atom. The highest BCUT2D eigenvalue weighted by molar-refractivity contribution is 6.31. The summed E-state index contributed by atoms with van der Waals surface area (Å²) in [5, 5.41) is 0.709. The number of imidazole rings is 1. The van der Waals surface area contributed by atoms with Crippen LogP contribution < -0.4 is 4.90 Å². The Balaban J connectivity index is 1.83. The second-order valence-electron chi connectivity index (χ2n) is 5.10. The molecule has 0 radical (unpaired) electrons. The number of nitrogens with zero attached hydrogens (tertiary/aromatic N) is 2. The van der Waals surface area contributed by atoms with E-state index in [1.807, 2.05) is 44.4 Å². The van der Waals surface area contributed by atoms with E-state index in [0.29, 0.717) is 5.02 Å². The summed E-state index contributed by atoms with van der Waals surface area (Å²) >= 11 is 5.97. The molecule has 21 heavy (non-hydrogen) atoms. The molecule has 0 aliphatic rings. The van der Waals surface area contributed by atoms with E-state index in [9.17, 15) is 0 Å². The molecule has 106 valence electrons. The van der Waals surface area contributed by atoms with Gasteiger partial charge in [0.05, 0.1) is 11.0 Å². The molecular formula is C17H16ClN3. The Morgan fingerprint density at radius 3 is 2.52 bits per heavy atom. The van der Waals surface area contributed by atoms with Crippen LogP contribution in [-0.4, -0.2) is 24.1 Å².